The number of pyridine rings is 1. The maximum absolute atomic E-state index is 13.0. The molecule has 0 saturated heterocycles. The summed E-state index contributed by atoms with van der Waals surface area (Å²) >= 11 is 0. The van der Waals surface area contributed by atoms with Gasteiger partial charge in [-0.15, -0.1) is 0 Å². The predicted molar refractivity (Wildman–Crippen MR) is 119 cm³/mol. The minimum Gasteiger partial charge on any atom is -0.463 e. The number of aryl methyl sites for hydroxylation is 2. The summed E-state index contributed by atoms with van der Waals surface area (Å²) in [6.07, 6.45) is 3.13. The molecule has 5 heteroatoms. The van der Waals surface area contributed by atoms with Crippen LogP contribution in [-0.2, 0) is 17.6 Å². The van der Waals surface area contributed by atoms with E-state index in [1.54, 1.807) is 24.5 Å². The summed E-state index contributed by atoms with van der Waals surface area (Å²) in [6.45, 7) is 3.73. The fraction of sp³-hybridized carbons (Fsp3) is 0.192. The van der Waals surface area contributed by atoms with Crippen molar-refractivity contribution in [3.05, 3.63) is 89.2 Å². The van der Waals surface area contributed by atoms with Crippen LogP contribution >= 0.6 is 0 Å². The quantitative estimate of drug-likeness (QED) is 0.289. The molecule has 4 aromatic rings. The molecule has 5 nitrogen and oxygen atoms in total. The third kappa shape index (κ3) is 4.26. The van der Waals surface area contributed by atoms with Crippen molar-refractivity contribution in [1.82, 2.24) is 4.98 Å². The maximum Gasteiger partial charge on any atom is 0.339 e. The number of furan rings is 1. The van der Waals surface area contributed by atoms with E-state index in [2.05, 4.69) is 4.98 Å². The SMILES string of the molecule is CCc1ccc(CC)c(C(=O)COC(=O)c2cc(-c3ccco3)nc3ccccc23)c1. The molecule has 0 bridgehead atoms. The summed E-state index contributed by atoms with van der Waals surface area (Å²) in [5.41, 5.74) is 4.18. The first-order valence-corrected chi connectivity index (χ1v) is 10.4. The topological polar surface area (TPSA) is 69.4 Å². The molecular formula is C26H23NO4. The van der Waals surface area contributed by atoms with Crippen LogP contribution in [-0.4, -0.2) is 23.3 Å². The second-order valence-corrected chi connectivity index (χ2v) is 7.25. The van der Waals surface area contributed by atoms with Crippen molar-refractivity contribution in [2.24, 2.45) is 0 Å². The average Bonchev–Trinajstić information content (AvgIpc) is 3.36. The van der Waals surface area contributed by atoms with Gasteiger partial charge in [-0.2, -0.15) is 0 Å². The Kier molecular flexibility index (Phi) is 5.94. The zero-order valence-corrected chi connectivity index (χ0v) is 17.6. The van der Waals surface area contributed by atoms with Gasteiger partial charge in [0, 0.05) is 10.9 Å². The largest absolute Gasteiger partial charge is 0.463 e. The van der Waals surface area contributed by atoms with Gasteiger partial charge in [0.2, 0.25) is 5.78 Å². The van der Waals surface area contributed by atoms with E-state index < -0.39 is 5.97 Å². The van der Waals surface area contributed by atoms with Gasteiger partial charge in [-0.05, 0) is 54.3 Å². The number of Topliss-reactive ketones (excluding diaryl/α,β-unsaturated/α-hetero) is 1. The fourth-order valence-corrected chi connectivity index (χ4v) is 3.59. The van der Waals surface area contributed by atoms with Gasteiger partial charge in [0.25, 0.3) is 0 Å². The summed E-state index contributed by atoms with van der Waals surface area (Å²) in [7, 11) is 0. The predicted octanol–water partition coefficient (Wildman–Crippen LogP) is 5.66. The first kappa shape index (κ1) is 20.5. The molecule has 0 saturated carbocycles. The van der Waals surface area contributed by atoms with Crippen LogP contribution in [0.25, 0.3) is 22.4 Å². The normalized spacial score (nSPS) is 10.9. The van der Waals surface area contributed by atoms with Crippen LogP contribution < -0.4 is 0 Å². The highest BCUT2D eigenvalue weighted by Gasteiger charge is 2.19. The molecular weight excluding hydrogens is 390 g/mol. The Morgan fingerprint density at radius 2 is 1.77 bits per heavy atom. The van der Waals surface area contributed by atoms with Crippen molar-refractivity contribution >= 4 is 22.7 Å². The molecule has 31 heavy (non-hydrogen) atoms. The van der Waals surface area contributed by atoms with E-state index >= 15 is 0 Å². The number of aromatic nitrogens is 1. The zero-order valence-electron chi connectivity index (χ0n) is 17.6. The van der Waals surface area contributed by atoms with Crippen LogP contribution in [0.15, 0.2) is 71.3 Å². The summed E-state index contributed by atoms with van der Waals surface area (Å²) in [6, 6.07) is 18.4. The van der Waals surface area contributed by atoms with E-state index in [0.717, 1.165) is 24.0 Å². The maximum atomic E-state index is 13.0. The number of carbonyl (C=O) groups excluding carboxylic acids is 2. The summed E-state index contributed by atoms with van der Waals surface area (Å²) in [5.74, 6) is -0.214. The third-order valence-electron chi connectivity index (χ3n) is 5.31. The number of para-hydroxylation sites is 1. The van der Waals surface area contributed by atoms with Crippen molar-refractivity contribution < 1.29 is 18.7 Å². The van der Waals surface area contributed by atoms with E-state index in [4.69, 9.17) is 9.15 Å². The number of hydrogen-bond acceptors (Lipinski definition) is 5. The smallest absolute Gasteiger partial charge is 0.339 e. The lowest BCUT2D eigenvalue weighted by Gasteiger charge is -2.11. The lowest BCUT2D eigenvalue weighted by Crippen LogP contribution is -2.16. The molecule has 0 amide bonds. The van der Waals surface area contributed by atoms with Crippen LogP contribution in [0.4, 0.5) is 0 Å². The van der Waals surface area contributed by atoms with E-state index in [9.17, 15) is 9.59 Å². The summed E-state index contributed by atoms with van der Waals surface area (Å²) in [4.78, 5) is 30.4. The molecule has 0 fully saturated rings. The first-order chi connectivity index (χ1) is 15.1. The Labute approximate surface area is 180 Å². The second-order valence-electron chi connectivity index (χ2n) is 7.25. The molecule has 156 valence electrons. The second kappa shape index (κ2) is 8.96. The van der Waals surface area contributed by atoms with Gasteiger partial charge < -0.3 is 9.15 Å². The van der Waals surface area contributed by atoms with Gasteiger partial charge in [-0.1, -0.05) is 44.2 Å². The van der Waals surface area contributed by atoms with E-state index in [-0.39, 0.29) is 12.4 Å². The molecule has 0 aliphatic rings. The minimum absolute atomic E-state index is 0.204. The Balaban J connectivity index is 1.61. The first-order valence-electron chi connectivity index (χ1n) is 10.4. The van der Waals surface area contributed by atoms with Crippen molar-refractivity contribution in [1.29, 1.82) is 0 Å². The Bertz CT molecular complexity index is 1240. The van der Waals surface area contributed by atoms with Crippen molar-refractivity contribution in [3.8, 4) is 11.5 Å². The molecule has 0 N–H and O–H groups in total. The number of nitrogens with zero attached hydrogens (tertiary/aromatic N) is 1. The molecule has 0 spiro atoms. The number of ether oxygens (including phenoxy) is 1. The van der Waals surface area contributed by atoms with Gasteiger partial charge in [0.15, 0.2) is 12.4 Å². The summed E-state index contributed by atoms with van der Waals surface area (Å²) < 4.78 is 10.9. The molecule has 2 heterocycles. The van der Waals surface area contributed by atoms with Gasteiger partial charge >= 0.3 is 5.97 Å². The van der Waals surface area contributed by atoms with Gasteiger partial charge in [0.1, 0.15) is 5.69 Å². The highest BCUT2D eigenvalue weighted by Crippen LogP contribution is 2.26. The highest BCUT2D eigenvalue weighted by atomic mass is 16.5. The van der Waals surface area contributed by atoms with E-state index in [1.165, 1.54) is 0 Å². The average molecular weight is 413 g/mol. The molecule has 0 aliphatic heterocycles. The molecule has 0 atom stereocenters. The monoisotopic (exact) mass is 413 g/mol. The van der Waals surface area contributed by atoms with E-state index in [0.29, 0.717) is 33.5 Å². The number of benzene rings is 2. The van der Waals surface area contributed by atoms with E-state index in [1.807, 2.05) is 56.3 Å². The van der Waals surface area contributed by atoms with Crippen molar-refractivity contribution in [3.63, 3.8) is 0 Å². The summed E-state index contributed by atoms with van der Waals surface area (Å²) in [5, 5.41) is 0.664. The molecule has 0 radical (unpaired) electrons. The Hall–Kier alpha value is -3.73. The van der Waals surface area contributed by atoms with Gasteiger partial charge in [-0.25, -0.2) is 9.78 Å². The van der Waals surface area contributed by atoms with Crippen LogP contribution in [0.2, 0.25) is 0 Å². The number of carbonyl (C=O) groups is 2. The lowest BCUT2D eigenvalue weighted by atomic mass is 9.98. The molecule has 0 aliphatic carbocycles. The van der Waals surface area contributed by atoms with Crippen LogP contribution in [0.1, 0.15) is 45.7 Å². The minimum atomic E-state index is -0.565. The standard InChI is InChI=1S/C26H23NO4/c1-3-17-11-12-18(4-2)20(14-17)24(28)16-31-26(29)21-15-23(25-10-7-13-30-25)27-22-9-6-5-8-19(21)22/h5-15H,3-4,16H2,1-2H3. The molecule has 4 rings (SSSR count). The molecule has 0 unspecified atom stereocenters. The lowest BCUT2D eigenvalue weighted by molar-refractivity contribution is 0.0476. The number of hydrogen-bond donors (Lipinski definition) is 0. The van der Waals surface area contributed by atoms with Crippen LogP contribution in [0.5, 0.6) is 0 Å². The zero-order chi connectivity index (χ0) is 21.8. The molecule has 2 aromatic heterocycles. The van der Waals surface area contributed by atoms with Gasteiger partial charge in [0.05, 0.1) is 17.3 Å². The number of fused-ring (bicyclic) bond motifs is 1. The number of esters is 1. The Morgan fingerprint density at radius 1 is 0.935 bits per heavy atom. The Morgan fingerprint density at radius 3 is 2.52 bits per heavy atom. The van der Waals surface area contributed by atoms with Crippen LogP contribution in [0, 0.1) is 0 Å². The molecule has 2 aromatic carbocycles. The van der Waals surface area contributed by atoms with Crippen molar-refractivity contribution in [2.75, 3.05) is 6.61 Å². The van der Waals surface area contributed by atoms with Gasteiger partial charge in [-0.3, -0.25) is 4.79 Å². The fourth-order valence-electron chi connectivity index (χ4n) is 3.59. The van der Waals surface area contributed by atoms with Crippen molar-refractivity contribution in [2.45, 2.75) is 26.7 Å². The van der Waals surface area contributed by atoms with Crippen LogP contribution in [0.3, 0.4) is 0 Å². The third-order valence-corrected chi connectivity index (χ3v) is 5.31. The highest BCUT2D eigenvalue weighted by molar-refractivity contribution is 6.06. The number of ketones is 1. The number of rotatable bonds is 7.